The van der Waals surface area contributed by atoms with Gasteiger partial charge in [0.15, 0.2) is 0 Å². The van der Waals surface area contributed by atoms with Crippen molar-refractivity contribution in [1.82, 2.24) is 4.98 Å². The van der Waals surface area contributed by atoms with E-state index in [1.165, 1.54) is 0 Å². The fourth-order valence-electron chi connectivity index (χ4n) is 1.41. The summed E-state index contributed by atoms with van der Waals surface area (Å²) in [6.45, 7) is 0. The first-order chi connectivity index (χ1) is 7.66. The fraction of sp³-hybridized carbons (Fsp3) is 0.182. The number of halogens is 2. The average Bonchev–Trinajstić information content (AvgIpc) is 2.59. The second-order valence-corrected chi connectivity index (χ2v) is 7.07. The Bertz CT molecular complexity index is 472. The first kappa shape index (κ1) is 12.2. The molecule has 0 bridgehead atoms. The van der Waals surface area contributed by atoms with Crippen molar-refractivity contribution in [3.8, 4) is 0 Å². The molecule has 0 aliphatic heterocycles. The van der Waals surface area contributed by atoms with Gasteiger partial charge in [0.1, 0.15) is 0 Å². The maximum atomic E-state index is 10.1. The Kier molecular flexibility index (Phi) is 4.13. The van der Waals surface area contributed by atoms with Crippen LogP contribution in [0.25, 0.3) is 0 Å². The highest BCUT2D eigenvalue weighted by Crippen LogP contribution is 2.36. The van der Waals surface area contributed by atoms with Gasteiger partial charge >= 0.3 is 0 Å². The minimum Gasteiger partial charge on any atom is -0.388 e. The molecule has 0 saturated heterocycles. The van der Waals surface area contributed by atoms with Crippen LogP contribution in [0, 0.1) is 0 Å². The quantitative estimate of drug-likeness (QED) is 0.896. The molecule has 0 spiro atoms. The summed E-state index contributed by atoms with van der Waals surface area (Å²) < 4.78 is 1.97. The summed E-state index contributed by atoms with van der Waals surface area (Å²) in [6.07, 6.45) is 1.75. The van der Waals surface area contributed by atoms with Crippen molar-refractivity contribution in [3.05, 3.63) is 49.3 Å². The van der Waals surface area contributed by atoms with Gasteiger partial charge in [0.25, 0.3) is 0 Å². The van der Waals surface area contributed by atoms with E-state index in [9.17, 15) is 5.11 Å². The second-order valence-electron chi connectivity index (χ2n) is 3.32. The number of pyridine rings is 1. The lowest BCUT2D eigenvalue weighted by Crippen LogP contribution is -2.02. The van der Waals surface area contributed by atoms with E-state index in [1.54, 1.807) is 17.5 Å². The van der Waals surface area contributed by atoms with Crippen molar-refractivity contribution < 1.29 is 5.11 Å². The number of aromatic nitrogens is 1. The molecule has 0 aliphatic rings. The summed E-state index contributed by atoms with van der Waals surface area (Å²) in [5, 5.41) is 10.1. The third-order valence-electron chi connectivity index (χ3n) is 2.17. The number of rotatable bonds is 3. The van der Waals surface area contributed by atoms with Crippen molar-refractivity contribution in [2.75, 3.05) is 0 Å². The topological polar surface area (TPSA) is 33.1 Å². The maximum absolute atomic E-state index is 10.1. The molecule has 2 nitrogen and oxygen atoms in total. The van der Waals surface area contributed by atoms with E-state index < -0.39 is 6.10 Å². The summed E-state index contributed by atoms with van der Waals surface area (Å²) >= 11 is 8.40. The van der Waals surface area contributed by atoms with Crippen molar-refractivity contribution in [3.63, 3.8) is 0 Å². The van der Waals surface area contributed by atoms with Crippen LogP contribution >= 0.6 is 43.2 Å². The monoisotopic (exact) mass is 361 g/mol. The van der Waals surface area contributed by atoms with Crippen LogP contribution in [0.15, 0.2) is 38.0 Å². The highest BCUT2D eigenvalue weighted by Gasteiger charge is 2.15. The van der Waals surface area contributed by atoms with Crippen molar-refractivity contribution in [2.45, 2.75) is 12.5 Å². The molecule has 1 unspecified atom stereocenters. The van der Waals surface area contributed by atoms with Crippen LogP contribution in [-0.2, 0) is 6.42 Å². The smallest absolute Gasteiger partial charge is 0.0865 e. The molecule has 2 aromatic heterocycles. The Hall–Kier alpha value is -0.230. The zero-order valence-corrected chi connectivity index (χ0v) is 12.2. The third-order valence-corrected chi connectivity index (χ3v) is 4.56. The zero-order chi connectivity index (χ0) is 11.5. The molecule has 0 fully saturated rings. The standard InChI is InChI=1S/C11H9Br2NOS/c12-10-6-8(11(13)16-10)9(15)5-7-3-1-2-4-14-7/h1-4,6,9,15H,5H2. The lowest BCUT2D eigenvalue weighted by atomic mass is 10.1. The molecular formula is C11H9Br2NOS. The van der Waals surface area contributed by atoms with Crippen LogP contribution in [-0.4, -0.2) is 10.1 Å². The Morgan fingerprint density at radius 1 is 1.38 bits per heavy atom. The first-order valence-corrected chi connectivity index (χ1v) is 7.10. The van der Waals surface area contributed by atoms with E-state index in [1.807, 2.05) is 24.3 Å². The Morgan fingerprint density at radius 3 is 2.75 bits per heavy atom. The zero-order valence-electron chi connectivity index (χ0n) is 8.23. The summed E-state index contributed by atoms with van der Waals surface area (Å²) in [4.78, 5) is 4.20. The van der Waals surface area contributed by atoms with Gasteiger partial charge in [0, 0.05) is 23.9 Å². The minimum absolute atomic E-state index is 0.521. The number of thiophene rings is 1. The van der Waals surface area contributed by atoms with Gasteiger partial charge in [0.2, 0.25) is 0 Å². The molecule has 0 amide bonds. The van der Waals surface area contributed by atoms with E-state index in [-0.39, 0.29) is 0 Å². The highest BCUT2D eigenvalue weighted by molar-refractivity contribution is 9.12. The van der Waals surface area contributed by atoms with Gasteiger partial charge in [-0.2, -0.15) is 0 Å². The van der Waals surface area contributed by atoms with Crippen LogP contribution in [0.1, 0.15) is 17.4 Å². The fourth-order valence-corrected chi connectivity index (χ4v) is 4.36. The van der Waals surface area contributed by atoms with Crippen molar-refractivity contribution in [2.24, 2.45) is 0 Å². The molecule has 0 saturated carbocycles. The van der Waals surface area contributed by atoms with Crippen molar-refractivity contribution in [1.29, 1.82) is 0 Å². The summed E-state index contributed by atoms with van der Waals surface area (Å²) in [5.41, 5.74) is 1.80. The molecule has 0 radical (unpaired) electrons. The second kappa shape index (κ2) is 5.40. The van der Waals surface area contributed by atoms with E-state index in [0.29, 0.717) is 6.42 Å². The molecule has 16 heavy (non-hydrogen) atoms. The Morgan fingerprint density at radius 2 is 2.19 bits per heavy atom. The Balaban J connectivity index is 2.14. The van der Waals surface area contributed by atoms with E-state index >= 15 is 0 Å². The first-order valence-electron chi connectivity index (χ1n) is 4.69. The minimum atomic E-state index is -0.521. The van der Waals surface area contributed by atoms with E-state index in [2.05, 4.69) is 36.8 Å². The molecule has 1 atom stereocenters. The molecule has 84 valence electrons. The number of aliphatic hydroxyl groups is 1. The van der Waals surface area contributed by atoms with Gasteiger partial charge in [-0.3, -0.25) is 4.98 Å². The predicted molar refractivity (Wildman–Crippen MR) is 72.6 cm³/mol. The predicted octanol–water partition coefficient (Wildman–Crippen LogP) is 3.94. The molecule has 2 rings (SSSR count). The summed E-state index contributed by atoms with van der Waals surface area (Å²) in [5.74, 6) is 0. The van der Waals surface area contributed by atoms with Gasteiger partial charge in [0.05, 0.1) is 13.7 Å². The number of aliphatic hydroxyl groups excluding tert-OH is 1. The molecule has 1 N–H and O–H groups in total. The molecule has 2 heterocycles. The third kappa shape index (κ3) is 2.91. The summed E-state index contributed by atoms with van der Waals surface area (Å²) in [7, 11) is 0. The SMILES string of the molecule is OC(Cc1ccccn1)c1cc(Br)sc1Br. The molecule has 2 aromatic rings. The maximum Gasteiger partial charge on any atom is 0.0865 e. The average molecular weight is 363 g/mol. The van der Waals surface area contributed by atoms with Crippen LogP contribution in [0.2, 0.25) is 0 Å². The molecular weight excluding hydrogens is 354 g/mol. The molecule has 0 aliphatic carbocycles. The lowest BCUT2D eigenvalue weighted by Gasteiger charge is -2.08. The van der Waals surface area contributed by atoms with Gasteiger partial charge < -0.3 is 5.11 Å². The molecule has 5 heteroatoms. The van der Waals surface area contributed by atoms with Crippen LogP contribution in [0.3, 0.4) is 0 Å². The number of hydrogen-bond acceptors (Lipinski definition) is 3. The Labute approximate surface area is 115 Å². The summed E-state index contributed by atoms with van der Waals surface area (Å²) in [6, 6.07) is 7.64. The number of nitrogens with zero attached hydrogens (tertiary/aromatic N) is 1. The van der Waals surface area contributed by atoms with Gasteiger partial charge in [-0.1, -0.05) is 6.07 Å². The van der Waals surface area contributed by atoms with Crippen molar-refractivity contribution >= 4 is 43.2 Å². The van der Waals surface area contributed by atoms with Crippen LogP contribution in [0.5, 0.6) is 0 Å². The normalized spacial score (nSPS) is 12.7. The molecule has 0 aromatic carbocycles. The van der Waals surface area contributed by atoms with E-state index in [4.69, 9.17) is 0 Å². The number of hydrogen-bond donors (Lipinski definition) is 1. The van der Waals surface area contributed by atoms with Gasteiger partial charge in [-0.25, -0.2) is 0 Å². The van der Waals surface area contributed by atoms with Crippen LogP contribution in [0.4, 0.5) is 0 Å². The van der Waals surface area contributed by atoms with E-state index in [0.717, 1.165) is 18.8 Å². The van der Waals surface area contributed by atoms with Gasteiger partial charge in [-0.15, -0.1) is 11.3 Å². The highest BCUT2D eigenvalue weighted by atomic mass is 79.9. The van der Waals surface area contributed by atoms with Crippen LogP contribution < -0.4 is 0 Å². The lowest BCUT2D eigenvalue weighted by molar-refractivity contribution is 0.177. The largest absolute Gasteiger partial charge is 0.388 e. The van der Waals surface area contributed by atoms with Gasteiger partial charge in [-0.05, 0) is 50.1 Å².